The minimum Gasteiger partial charge on any atom is -0.439 e. The largest absolute Gasteiger partial charge is 0.451 e. The van der Waals surface area contributed by atoms with E-state index in [1.807, 2.05) is 30.3 Å². The van der Waals surface area contributed by atoms with Crippen molar-refractivity contribution in [3.8, 4) is 22.4 Å². The molecule has 1 aromatic carbocycles. The van der Waals surface area contributed by atoms with Crippen molar-refractivity contribution < 1.29 is 22.6 Å². The van der Waals surface area contributed by atoms with Gasteiger partial charge in [0, 0.05) is 11.1 Å². The van der Waals surface area contributed by atoms with Crippen LogP contribution in [-0.2, 0) is 12.7 Å². The number of nitrogen functional groups attached to an aromatic ring is 1. The molecule has 0 saturated carbocycles. The minimum atomic E-state index is -4.77. The third-order valence-electron chi connectivity index (χ3n) is 4.94. The molecule has 0 aliphatic carbocycles. The van der Waals surface area contributed by atoms with Crippen LogP contribution in [0.4, 0.5) is 19.1 Å². The average Bonchev–Trinajstić information content (AvgIpc) is 3.40. The first kappa shape index (κ1) is 20.4. The Bertz CT molecular complexity index is 1510. The molecule has 5 aromatic rings. The second-order valence-corrected chi connectivity index (χ2v) is 6.98. The van der Waals surface area contributed by atoms with Crippen LogP contribution >= 0.6 is 0 Å². The van der Waals surface area contributed by atoms with E-state index in [1.54, 1.807) is 6.07 Å². The SMILES string of the molecule is Nc1[nH+]c(-c2ccccc2)c(-c2ccnnc2)c2nn(Cc3ncoc3C(F)(F)F)c(=O)n12. The summed E-state index contributed by atoms with van der Waals surface area (Å²) in [6, 6.07) is 10.8. The van der Waals surface area contributed by atoms with Crippen LogP contribution in [0.2, 0.25) is 0 Å². The number of halogens is 3. The lowest BCUT2D eigenvalue weighted by Crippen LogP contribution is -2.28. The zero-order valence-electron chi connectivity index (χ0n) is 16.6. The Kier molecular flexibility index (Phi) is 4.65. The molecule has 0 atom stereocenters. The molecule has 13 heteroatoms. The number of fused-ring (bicyclic) bond motifs is 1. The molecule has 0 aliphatic rings. The maximum absolute atomic E-state index is 13.2. The molecule has 4 aromatic heterocycles. The molecule has 0 bridgehead atoms. The van der Waals surface area contributed by atoms with Crippen molar-refractivity contribution in [1.29, 1.82) is 0 Å². The van der Waals surface area contributed by atoms with E-state index < -0.39 is 29.9 Å². The fraction of sp³-hybridized carbons (Fsp3) is 0.100. The summed E-state index contributed by atoms with van der Waals surface area (Å²) in [6.45, 7) is -0.569. The first-order valence-electron chi connectivity index (χ1n) is 9.51. The number of hydrogen-bond acceptors (Lipinski definition) is 7. The summed E-state index contributed by atoms with van der Waals surface area (Å²) in [4.78, 5) is 19.7. The minimum absolute atomic E-state index is 0.0536. The second-order valence-electron chi connectivity index (χ2n) is 6.98. The number of hydrogen-bond donors (Lipinski definition) is 1. The zero-order valence-corrected chi connectivity index (χ0v) is 16.6. The maximum atomic E-state index is 13.2. The van der Waals surface area contributed by atoms with Gasteiger partial charge in [-0.05, 0) is 6.07 Å². The Morgan fingerprint density at radius 2 is 1.88 bits per heavy atom. The number of H-pyrrole nitrogens is 1. The fourth-order valence-corrected chi connectivity index (χ4v) is 3.54. The van der Waals surface area contributed by atoms with E-state index in [1.165, 1.54) is 12.4 Å². The van der Waals surface area contributed by atoms with Crippen LogP contribution in [0, 0.1) is 0 Å². The quantitative estimate of drug-likeness (QED) is 0.439. The molecule has 0 fully saturated rings. The number of rotatable bonds is 4. The molecule has 5 rings (SSSR count). The number of benzene rings is 1. The summed E-state index contributed by atoms with van der Waals surface area (Å²) in [6.07, 6.45) is -1.15. The van der Waals surface area contributed by atoms with E-state index in [0.29, 0.717) is 23.2 Å². The Balaban J connectivity index is 1.77. The Hall–Kier alpha value is -4.55. The molecule has 0 aliphatic heterocycles. The number of aromatic amines is 1. The highest BCUT2D eigenvalue weighted by molar-refractivity contribution is 5.88. The lowest BCUT2D eigenvalue weighted by Gasteiger charge is -2.08. The van der Waals surface area contributed by atoms with E-state index in [2.05, 4.69) is 29.7 Å². The van der Waals surface area contributed by atoms with Gasteiger partial charge in [0.15, 0.2) is 6.39 Å². The van der Waals surface area contributed by atoms with Gasteiger partial charge < -0.3 is 4.42 Å². The average molecular weight is 455 g/mol. The molecule has 0 saturated heterocycles. The molecule has 3 N–H and O–H groups in total. The van der Waals surface area contributed by atoms with Gasteiger partial charge in [-0.3, -0.25) is 5.73 Å². The van der Waals surface area contributed by atoms with E-state index in [9.17, 15) is 18.0 Å². The molecule has 0 radical (unpaired) electrons. The molecular weight excluding hydrogens is 441 g/mol. The van der Waals surface area contributed by atoms with Gasteiger partial charge in [0.25, 0.3) is 0 Å². The van der Waals surface area contributed by atoms with Gasteiger partial charge in [0.05, 0.1) is 24.5 Å². The molecule has 166 valence electrons. The lowest BCUT2D eigenvalue weighted by molar-refractivity contribution is -0.351. The topological polar surface area (TPSA) is 131 Å². The number of nitrogens with zero attached hydrogens (tertiary/aromatic N) is 6. The van der Waals surface area contributed by atoms with Gasteiger partial charge in [-0.1, -0.05) is 30.3 Å². The van der Waals surface area contributed by atoms with Gasteiger partial charge >= 0.3 is 17.8 Å². The molecule has 0 spiro atoms. The van der Waals surface area contributed by atoms with Crippen molar-refractivity contribution >= 4 is 11.6 Å². The van der Waals surface area contributed by atoms with Crippen LogP contribution in [0.1, 0.15) is 11.5 Å². The Morgan fingerprint density at radius 1 is 1.09 bits per heavy atom. The van der Waals surface area contributed by atoms with Crippen molar-refractivity contribution in [3.05, 3.63) is 77.1 Å². The van der Waals surface area contributed by atoms with Crippen LogP contribution in [0.3, 0.4) is 0 Å². The monoisotopic (exact) mass is 455 g/mol. The van der Waals surface area contributed by atoms with E-state index in [4.69, 9.17) is 5.73 Å². The number of nitrogens with one attached hydrogen (secondary N) is 1. The summed E-state index contributed by atoms with van der Waals surface area (Å²) >= 11 is 0. The smallest absolute Gasteiger partial charge is 0.439 e. The first-order chi connectivity index (χ1) is 15.8. The maximum Gasteiger partial charge on any atom is 0.451 e. The highest BCUT2D eigenvalue weighted by Crippen LogP contribution is 2.33. The summed E-state index contributed by atoms with van der Waals surface area (Å²) < 4.78 is 46.0. The van der Waals surface area contributed by atoms with E-state index in [0.717, 1.165) is 14.6 Å². The first-order valence-corrected chi connectivity index (χ1v) is 9.51. The molecule has 0 unspecified atom stereocenters. The van der Waals surface area contributed by atoms with Gasteiger partial charge in [0.1, 0.15) is 11.4 Å². The molecule has 0 amide bonds. The number of alkyl halides is 3. The van der Waals surface area contributed by atoms with E-state index >= 15 is 0 Å². The molecule has 33 heavy (non-hydrogen) atoms. The van der Waals surface area contributed by atoms with Crippen molar-refractivity contribution in [2.24, 2.45) is 0 Å². The van der Waals surface area contributed by atoms with Gasteiger partial charge in [0.2, 0.25) is 11.4 Å². The van der Waals surface area contributed by atoms with Crippen molar-refractivity contribution in [2.45, 2.75) is 12.7 Å². The molecule has 4 heterocycles. The fourth-order valence-electron chi connectivity index (χ4n) is 3.54. The number of oxazole rings is 1. The van der Waals surface area contributed by atoms with Crippen LogP contribution in [0.5, 0.6) is 0 Å². The van der Waals surface area contributed by atoms with Gasteiger partial charge in [-0.25, -0.2) is 14.8 Å². The standard InChI is InChI=1S/C20H13F3N8O2/c21-20(22,23)16-13(25-10-33-16)9-30-19(32)31-17(29-30)14(12-6-7-26-27-8-12)15(28-18(31)24)11-4-2-1-3-5-11/h1-8,10H,9H2,(H2,24,28)/p+1. The number of anilines is 1. The highest BCUT2D eigenvalue weighted by Gasteiger charge is 2.39. The predicted octanol–water partition coefficient (Wildman–Crippen LogP) is 2.07. The summed E-state index contributed by atoms with van der Waals surface area (Å²) in [5.41, 5.74) is 7.36. The molecular formula is C20H14F3N8O2+. The third kappa shape index (κ3) is 3.48. The number of aromatic nitrogens is 7. The van der Waals surface area contributed by atoms with Crippen LogP contribution < -0.4 is 16.4 Å². The van der Waals surface area contributed by atoms with Gasteiger partial charge in [-0.15, -0.1) is 9.50 Å². The van der Waals surface area contributed by atoms with E-state index in [-0.39, 0.29) is 11.6 Å². The predicted molar refractivity (Wildman–Crippen MR) is 107 cm³/mol. The number of nitrogens with two attached hydrogens (primary N) is 1. The highest BCUT2D eigenvalue weighted by atomic mass is 19.4. The van der Waals surface area contributed by atoms with Crippen molar-refractivity contribution in [3.63, 3.8) is 0 Å². The molecule has 10 nitrogen and oxygen atoms in total. The summed E-state index contributed by atoms with van der Waals surface area (Å²) in [7, 11) is 0. The van der Waals surface area contributed by atoms with Crippen LogP contribution in [0.25, 0.3) is 28.0 Å². The summed E-state index contributed by atoms with van der Waals surface area (Å²) in [5, 5.41) is 12.0. The third-order valence-corrected chi connectivity index (χ3v) is 4.94. The van der Waals surface area contributed by atoms with Crippen molar-refractivity contribution in [2.75, 3.05) is 5.73 Å². The lowest BCUT2D eigenvalue weighted by atomic mass is 10.0. The zero-order chi connectivity index (χ0) is 23.2. The second kappa shape index (κ2) is 7.55. The van der Waals surface area contributed by atoms with Crippen LogP contribution in [0.15, 0.2) is 64.4 Å². The normalized spacial score (nSPS) is 11.8. The Labute approximate surface area is 182 Å². The van der Waals surface area contributed by atoms with Crippen molar-refractivity contribution in [1.82, 2.24) is 29.4 Å². The van der Waals surface area contributed by atoms with Gasteiger partial charge in [-0.2, -0.15) is 28.1 Å². The Morgan fingerprint density at radius 3 is 2.58 bits per heavy atom. The summed E-state index contributed by atoms with van der Waals surface area (Å²) in [5.74, 6) is -1.35. The van der Waals surface area contributed by atoms with Crippen LogP contribution in [-0.4, -0.2) is 29.4 Å².